The summed E-state index contributed by atoms with van der Waals surface area (Å²) in [4.78, 5) is 15.4. The lowest BCUT2D eigenvalue weighted by atomic mass is 10.0. The fraction of sp³-hybridized carbons (Fsp3) is 0.167. The molecule has 0 aliphatic carbocycles. The van der Waals surface area contributed by atoms with Crippen molar-refractivity contribution < 1.29 is 14.3 Å². The third-order valence-corrected chi connectivity index (χ3v) is 6.17. The molecule has 4 rings (SSSR count). The molecule has 0 aliphatic rings. The van der Waals surface area contributed by atoms with Gasteiger partial charge in [-0.3, -0.25) is 4.79 Å². The van der Waals surface area contributed by atoms with Gasteiger partial charge >= 0.3 is 0 Å². The smallest absolute Gasteiger partial charge is 0.254 e. The fourth-order valence-electron chi connectivity index (χ4n) is 3.92. The molecule has 5 heteroatoms. The van der Waals surface area contributed by atoms with E-state index in [-0.39, 0.29) is 11.9 Å². The van der Waals surface area contributed by atoms with Gasteiger partial charge in [-0.15, -0.1) is 0 Å². The monoisotopic (exact) mass is 485 g/mol. The number of carbonyl (C=O) groups excluding carboxylic acids is 1. The number of carbonyl (C=O) groups is 1. The van der Waals surface area contributed by atoms with E-state index in [4.69, 9.17) is 21.1 Å². The second-order valence-corrected chi connectivity index (χ2v) is 8.72. The third kappa shape index (κ3) is 6.23. The fourth-order valence-corrected chi connectivity index (χ4v) is 4.04. The molecule has 0 bridgehead atoms. The quantitative estimate of drug-likeness (QED) is 0.249. The molecule has 0 radical (unpaired) electrons. The predicted molar refractivity (Wildman–Crippen MR) is 140 cm³/mol. The van der Waals surface area contributed by atoms with Crippen molar-refractivity contribution >= 4 is 17.5 Å². The number of amides is 1. The van der Waals surface area contributed by atoms with Crippen LogP contribution in [0.25, 0.3) is 0 Å². The lowest BCUT2D eigenvalue weighted by Gasteiger charge is -2.30. The number of ether oxygens (including phenoxy) is 2. The van der Waals surface area contributed by atoms with E-state index in [1.54, 1.807) is 31.4 Å². The minimum atomic E-state index is -0.139. The lowest BCUT2D eigenvalue weighted by Crippen LogP contribution is -2.33. The minimum Gasteiger partial charge on any atom is -0.493 e. The highest BCUT2D eigenvalue weighted by atomic mass is 35.5. The summed E-state index contributed by atoms with van der Waals surface area (Å²) in [6, 6.07) is 32.7. The predicted octanol–water partition coefficient (Wildman–Crippen LogP) is 7.33. The van der Waals surface area contributed by atoms with Gasteiger partial charge in [-0.1, -0.05) is 78.3 Å². The van der Waals surface area contributed by atoms with Gasteiger partial charge in [0.1, 0.15) is 6.61 Å². The second kappa shape index (κ2) is 11.6. The number of hydrogen-bond donors (Lipinski definition) is 0. The van der Waals surface area contributed by atoms with E-state index in [0.717, 1.165) is 16.7 Å². The highest BCUT2D eigenvalue weighted by Gasteiger charge is 2.23. The Hall–Kier alpha value is -3.76. The Morgan fingerprint density at radius 2 is 1.49 bits per heavy atom. The highest BCUT2D eigenvalue weighted by Crippen LogP contribution is 2.31. The van der Waals surface area contributed by atoms with E-state index < -0.39 is 0 Å². The van der Waals surface area contributed by atoms with E-state index in [1.807, 2.05) is 90.7 Å². The Bertz CT molecular complexity index is 1240. The topological polar surface area (TPSA) is 38.8 Å². The van der Waals surface area contributed by atoms with Crippen LogP contribution in [0.3, 0.4) is 0 Å². The zero-order chi connectivity index (χ0) is 24.6. The first-order valence-electron chi connectivity index (χ1n) is 11.5. The van der Waals surface area contributed by atoms with E-state index in [2.05, 4.69) is 0 Å². The minimum absolute atomic E-state index is 0.0682. The molecule has 35 heavy (non-hydrogen) atoms. The molecule has 1 atom stereocenters. The zero-order valence-electron chi connectivity index (χ0n) is 19.9. The molecule has 0 saturated heterocycles. The van der Waals surface area contributed by atoms with Gasteiger partial charge in [0.25, 0.3) is 5.91 Å². The van der Waals surface area contributed by atoms with Crippen LogP contribution in [0.5, 0.6) is 11.5 Å². The summed E-state index contributed by atoms with van der Waals surface area (Å²) in [5, 5.41) is 0.597. The molecule has 4 nitrogen and oxygen atoms in total. The van der Waals surface area contributed by atoms with Crippen molar-refractivity contribution in [3.8, 4) is 11.5 Å². The number of rotatable bonds is 9. The Morgan fingerprint density at radius 1 is 0.829 bits per heavy atom. The van der Waals surface area contributed by atoms with Crippen molar-refractivity contribution in [2.75, 3.05) is 7.11 Å². The van der Waals surface area contributed by atoms with Crippen molar-refractivity contribution in [1.29, 1.82) is 0 Å². The molecule has 0 saturated carbocycles. The number of halogens is 1. The molecule has 0 aromatic heterocycles. The summed E-state index contributed by atoms with van der Waals surface area (Å²) in [5.41, 5.74) is 3.67. The van der Waals surface area contributed by atoms with Crippen molar-refractivity contribution in [3.63, 3.8) is 0 Å². The number of methoxy groups -OCH3 is 1. The van der Waals surface area contributed by atoms with Gasteiger partial charge in [-0.05, 0) is 60.0 Å². The summed E-state index contributed by atoms with van der Waals surface area (Å²) in [7, 11) is 1.62. The average molecular weight is 486 g/mol. The Balaban J connectivity index is 1.59. The summed E-state index contributed by atoms with van der Waals surface area (Å²) in [5.74, 6) is 1.22. The lowest BCUT2D eigenvalue weighted by molar-refractivity contribution is 0.0674. The van der Waals surface area contributed by atoms with Crippen LogP contribution in [0.4, 0.5) is 0 Å². The second-order valence-electron chi connectivity index (χ2n) is 8.29. The summed E-state index contributed by atoms with van der Waals surface area (Å²) >= 11 is 6.05. The van der Waals surface area contributed by atoms with Crippen LogP contribution in [0.2, 0.25) is 5.02 Å². The highest BCUT2D eigenvalue weighted by molar-refractivity contribution is 6.30. The van der Waals surface area contributed by atoms with Gasteiger partial charge < -0.3 is 14.4 Å². The van der Waals surface area contributed by atoms with Gasteiger partial charge in [0.15, 0.2) is 11.5 Å². The molecule has 0 fully saturated rings. The molecule has 0 N–H and O–H groups in total. The number of benzene rings is 4. The molecule has 0 aliphatic heterocycles. The maximum atomic E-state index is 13.6. The van der Waals surface area contributed by atoms with Gasteiger partial charge in [0.2, 0.25) is 0 Å². The van der Waals surface area contributed by atoms with Gasteiger partial charge in [0.05, 0.1) is 13.2 Å². The van der Waals surface area contributed by atoms with Gasteiger partial charge in [0, 0.05) is 17.1 Å². The SMILES string of the molecule is COc1cc(CN(C(=O)c2ccc(Cl)cc2)C(C)c2ccccc2)ccc1OCc1ccccc1. The molecule has 0 heterocycles. The van der Waals surface area contributed by atoms with Crippen molar-refractivity contribution in [1.82, 2.24) is 4.90 Å². The summed E-state index contributed by atoms with van der Waals surface area (Å²) < 4.78 is 11.6. The molecular weight excluding hydrogens is 458 g/mol. The molecule has 1 amide bonds. The van der Waals surface area contributed by atoms with Crippen LogP contribution >= 0.6 is 11.6 Å². The number of nitrogens with zero attached hydrogens (tertiary/aromatic N) is 1. The van der Waals surface area contributed by atoms with Gasteiger partial charge in [-0.25, -0.2) is 0 Å². The van der Waals surface area contributed by atoms with E-state index >= 15 is 0 Å². The van der Waals surface area contributed by atoms with Crippen LogP contribution in [-0.2, 0) is 13.2 Å². The maximum Gasteiger partial charge on any atom is 0.254 e. The van der Waals surface area contributed by atoms with Crippen molar-refractivity contribution in [2.24, 2.45) is 0 Å². The maximum absolute atomic E-state index is 13.6. The first kappa shape index (κ1) is 24.4. The standard InChI is InChI=1S/C30H28ClNO3/c1-22(25-11-7-4-8-12-25)32(30(33)26-14-16-27(31)17-15-26)20-24-13-18-28(29(19-24)34-2)35-21-23-9-5-3-6-10-23/h3-19,22H,20-21H2,1-2H3. The van der Waals surface area contributed by atoms with Crippen LogP contribution in [-0.4, -0.2) is 17.9 Å². The molecule has 0 spiro atoms. The van der Waals surface area contributed by atoms with Crippen LogP contribution in [0.1, 0.15) is 40.0 Å². The first-order valence-corrected chi connectivity index (χ1v) is 11.9. The first-order chi connectivity index (χ1) is 17.0. The molecular formula is C30H28ClNO3. The molecule has 4 aromatic rings. The van der Waals surface area contributed by atoms with E-state index in [1.165, 1.54) is 0 Å². The van der Waals surface area contributed by atoms with Crippen LogP contribution in [0.15, 0.2) is 103 Å². The van der Waals surface area contributed by atoms with E-state index in [9.17, 15) is 4.79 Å². The molecule has 4 aromatic carbocycles. The summed E-state index contributed by atoms with van der Waals surface area (Å²) in [6.07, 6.45) is 0. The van der Waals surface area contributed by atoms with Crippen LogP contribution in [0, 0.1) is 0 Å². The van der Waals surface area contributed by atoms with Crippen LogP contribution < -0.4 is 9.47 Å². The Morgan fingerprint density at radius 3 is 2.14 bits per heavy atom. The average Bonchev–Trinajstić information content (AvgIpc) is 2.91. The van der Waals surface area contributed by atoms with E-state index in [0.29, 0.717) is 35.2 Å². The molecule has 1 unspecified atom stereocenters. The van der Waals surface area contributed by atoms with Crippen molar-refractivity contribution in [3.05, 3.63) is 130 Å². The summed E-state index contributed by atoms with van der Waals surface area (Å²) in [6.45, 7) is 2.90. The Labute approximate surface area is 211 Å². The Kier molecular flexibility index (Phi) is 8.07. The normalized spacial score (nSPS) is 11.5. The number of hydrogen-bond acceptors (Lipinski definition) is 3. The molecule has 178 valence electrons. The van der Waals surface area contributed by atoms with Gasteiger partial charge in [-0.2, -0.15) is 0 Å². The zero-order valence-corrected chi connectivity index (χ0v) is 20.6. The third-order valence-electron chi connectivity index (χ3n) is 5.92. The largest absolute Gasteiger partial charge is 0.493 e. The van der Waals surface area contributed by atoms with Crippen molar-refractivity contribution in [2.45, 2.75) is 26.1 Å².